The third-order valence-corrected chi connectivity index (χ3v) is 17.5. The number of rotatable bonds is 8. The number of fused-ring (bicyclic) bond motifs is 1. The molecule has 0 unspecified atom stereocenters. The van der Waals surface area contributed by atoms with Crippen molar-refractivity contribution in [3.8, 4) is 0 Å². The molecule has 222 valence electrons. The Hall–Kier alpha value is -2.59. The second-order valence-electron chi connectivity index (χ2n) is 11.6. The van der Waals surface area contributed by atoms with E-state index in [1.165, 1.54) is 28.5 Å². The summed E-state index contributed by atoms with van der Waals surface area (Å²) in [5.41, 5.74) is 0.444. The number of halogens is 3. The number of thioether (sulfide) groups is 1. The third kappa shape index (κ3) is 5.81. The van der Waals surface area contributed by atoms with Crippen molar-refractivity contribution >= 4 is 72.6 Å². The summed E-state index contributed by atoms with van der Waals surface area (Å²) in [6.45, 7) is 7.06. The van der Waals surface area contributed by atoms with Gasteiger partial charge in [0.2, 0.25) is 0 Å². The first-order valence-electron chi connectivity index (χ1n) is 14.0. The van der Waals surface area contributed by atoms with E-state index in [9.17, 15) is 4.39 Å². The molecule has 5 aromatic rings. The Morgan fingerprint density at radius 3 is 2.14 bits per heavy atom. The molecule has 0 N–H and O–H groups in total. The summed E-state index contributed by atoms with van der Waals surface area (Å²) < 4.78 is 39.9. The third-order valence-electron chi connectivity index (χ3n) is 7.73. The molecular formula is C32H31ClF2N4OSSeSi. The van der Waals surface area contributed by atoms with Gasteiger partial charge in [0.1, 0.15) is 0 Å². The summed E-state index contributed by atoms with van der Waals surface area (Å²) >= 11 is 7.14. The van der Waals surface area contributed by atoms with E-state index in [1.54, 1.807) is 4.57 Å². The van der Waals surface area contributed by atoms with E-state index >= 15 is 4.39 Å². The van der Waals surface area contributed by atoms with Crippen molar-refractivity contribution in [1.82, 2.24) is 19.5 Å². The van der Waals surface area contributed by atoms with Crippen molar-refractivity contribution in [3.05, 3.63) is 109 Å². The fraction of sp³-hybridized carbons (Fsp3) is 0.281. The zero-order valence-corrected chi connectivity index (χ0v) is 28.2. The first-order chi connectivity index (χ1) is 20.6. The van der Waals surface area contributed by atoms with Crippen LogP contribution in [0.2, 0.25) is 10.2 Å². The van der Waals surface area contributed by atoms with E-state index in [-0.39, 0.29) is 33.0 Å². The molecule has 5 nitrogen and oxygen atoms in total. The molecule has 3 aromatic carbocycles. The number of nitrogens with zero attached hydrogens (tertiary/aromatic N) is 4. The summed E-state index contributed by atoms with van der Waals surface area (Å²) in [5.74, 6) is 0. The fourth-order valence-electron chi connectivity index (χ4n) is 5.90. The minimum absolute atomic E-state index is 0.0890. The van der Waals surface area contributed by atoms with Gasteiger partial charge in [-0.1, -0.05) is 0 Å². The quantitative estimate of drug-likeness (QED) is 0.115. The van der Waals surface area contributed by atoms with Crippen LogP contribution in [-0.4, -0.2) is 59.2 Å². The van der Waals surface area contributed by atoms with Crippen LogP contribution in [0.1, 0.15) is 32.6 Å². The van der Waals surface area contributed by atoms with Gasteiger partial charge in [-0.3, -0.25) is 0 Å². The van der Waals surface area contributed by atoms with Crippen LogP contribution in [0.5, 0.6) is 0 Å². The van der Waals surface area contributed by atoms with Gasteiger partial charge in [-0.25, -0.2) is 0 Å². The maximum atomic E-state index is 17.4. The molecule has 2 aromatic heterocycles. The number of hydrogen-bond donors (Lipinski definition) is 0. The van der Waals surface area contributed by atoms with Crippen LogP contribution in [0, 0.1) is 6.08 Å². The summed E-state index contributed by atoms with van der Waals surface area (Å²) in [6, 6.07) is 30.6. The number of benzene rings is 3. The van der Waals surface area contributed by atoms with Crippen molar-refractivity contribution in [2.24, 2.45) is 0 Å². The predicted octanol–water partition coefficient (Wildman–Crippen LogP) is 5.90. The van der Waals surface area contributed by atoms with E-state index in [0.717, 1.165) is 4.46 Å². The average Bonchev–Trinajstić information content (AvgIpc) is 3.54. The molecule has 0 bridgehead atoms. The molecule has 3 atom stereocenters. The molecule has 0 aliphatic carbocycles. The Morgan fingerprint density at radius 1 is 0.977 bits per heavy atom. The molecule has 11 heteroatoms. The molecule has 0 radical (unpaired) electrons. The average molecular weight is 700 g/mol. The molecule has 0 saturated carbocycles. The van der Waals surface area contributed by atoms with Gasteiger partial charge in [-0.05, 0) is 0 Å². The number of hydrogen-bond acceptors (Lipinski definition) is 5. The van der Waals surface area contributed by atoms with Crippen LogP contribution >= 0.6 is 23.4 Å². The van der Waals surface area contributed by atoms with Crippen LogP contribution < -0.4 is 14.8 Å². The summed E-state index contributed by atoms with van der Waals surface area (Å²) in [5, 5.41) is 1.20. The van der Waals surface area contributed by atoms with Crippen molar-refractivity contribution < 1.29 is 13.2 Å². The van der Waals surface area contributed by atoms with E-state index in [2.05, 4.69) is 84.3 Å². The summed E-state index contributed by atoms with van der Waals surface area (Å²) in [4.78, 5) is 11.9. The van der Waals surface area contributed by atoms with Crippen molar-refractivity contribution in [2.75, 3.05) is 6.61 Å². The van der Waals surface area contributed by atoms with Gasteiger partial charge in [0.05, 0.1) is 0 Å². The van der Waals surface area contributed by atoms with E-state index in [1.807, 2.05) is 42.5 Å². The normalized spacial score (nSPS) is 21.0. The molecule has 1 saturated heterocycles. The number of imidazole rings is 1. The second kappa shape index (κ2) is 12.1. The zero-order valence-electron chi connectivity index (χ0n) is 24.0. The van der Waals surface area contributed by atoms with Crippen molar-refractivity contribution in [3.63, 3.8) is 0 Å². The molecule has 0 spiro atoms. The van der Waals surface area contributed by atoms with Crippen molar-refractivity contribution in [1.29, 1.82) is 0 Å². The first-order valence-corrected chi connectivity index (χ1v) is 18.9. The Balaban J connectivity index is 1.39. The van der Waals surface area contributed by atoms with Gasteiger partial charge in [0, 0.05) is 0 Å². The van der Waals surface area contributed by atoms with Gasteiger partial charge in [0.25, 0.3) is 0 Å². The van der Waals surface area contributed by atoms with E-state index in [4.69, 9.17) is 16.0 Å². The fourth-order valence-corrected chi connectivity index (χ4v) is 15.6. The maximum absolute atomic E-state index is 17.4. The summed E-state index contributed by atoms with van der Waals surface area (Å²) in [6.07, 6.45) is 0.811. The molecule has 3 heterocycles. The number of alkyl halides is 1. The Morgan fingerprint density at radius 2 is 1.56 bits per heavy atom. The zero-order chi connectivity index (χ0) is 30.2. The molecule has 1 aliphatic heterocycles. The molecule has 0 amide bonds. The van der Waals surface area contributed by atoms with Crippen LogP contribution in [0.4, 0.5) is 8.78 Å². The van der Waals surface area contributed by atoms with Gasteiger partial charge in [-0.2, -0.15) is 0 Å². The van der Waals surface area contributed by atoms with E-state index < -0.39 is 39.3 Å². The first kappa shape index (κ1) is 30.4. The van der Waals surface area contributed by atoms with E-state index in [0.29, 0.717) is 6.61 Å². The SMILES string of the molecule is CC(C)(C)[Si](OC[C@@H]1C[C@@](F)([Se]c2ccccc2)[C@H](n2cnc3c(Cl)nc(F)nc32)S1)(c1ccccc1)c1ccccc1. The molecular weight excluding hydrogens is 669 g/mol. The summed E-state index contributed by atoms with van der Waals surface area (Å²) in [7, 11) is -2.82. The second-order valence-corrected chi connectivity index (χ2v) is 20.5. The standard InChI is InChI=1S/C32H31ClF2N4OSSeSi/c1-31(2,3)43(24-15-9-5-10-16-24,25-17-11-6-12-18-25)40-20-22-19-32(35,42-23-13-7-4-8-14-23)29(41-22)39-21-36-26-27(33)37-30(34)38-28(26)39/h4-18,21-22,29H,19-20H2,1-3H3/t22-,29+,32+/m0/s1. The van der Waals surface area contributed by atoms with Crippen LogP contribution in [0.25, 0.3) is 11.2 Å². The minimum atomic E-state index is -2.82. The number of aromatic nitrogens is 4. The van der Waals surface area contributed by atoms with Gasteiger partial charge in [-0.15, -0.1) is 0 Å². The molecule has 1 fully saturated rings. The van der Waals surface area contributed by atoms with Crippen LogP contribution in [-0.2, 0) is 4.43 Å². The van der Waals surface area contributed by atoms with Gasteiger partial charge < -0.3 is 0 Å². The van der Waals surface area contributed by atoms with Gasteiger partial charge >= 0.3 is 268 Å². The predicted molar refractivity (Wildman–Crippen MR) is 175 cm³/mol. The Labute approximate surface area is 266 Å². The molecule has 6 rings (SSSR count). The monoisotopic (exact) mass is 700 g/mol. The Kier molecular flexibility index (Phi) is 8.54. The Bertz CT molecular complexity index is 1670. The molecule has 43 heavy (non-hydrogen) atoms. The van der Waals surface area contributed by atoms with Gasteiger partial charge in [0.15, 0.2) is 0 Å². The topological polar surface area (TPSA) is 52.8 Å². The van der Waals surface area contributed by atoms with Crippen LogP contribution in [0.15, 0.2) is 97.3 Å². The van der Waals surface area contributed by atoms with Crippen molar-refractivity contribution in [2.45, 2.75) is 47.4 Å². The molecule has 1 aliphatic rings. The van der Waals surface area contributed by atoms with Crippen LogP contribution in [0.3, 0.4) is 0 Å².